The van der Waals surface area contributed by atoms with Crippen molar-refractivity contribution < 1.29 is 9.53 Å². The van der Waals surface area contributed by atoms with Crippen molar-refractivity contribution in [1.29, 1.82) is 0 Å². The van der Waals surface area contributed by atoms with Crippen LogP contribution in [0, 0.1) is 17.3 Å². The Morgan fingerprint density at radius 3 is 2.48 bits per heavy atom. The zero-order valence-corrected chi connectivity index (χ0v) is 19.2. The molecular weight excluding hydrogens is 382 g/mol. The summed E-state index contributed by atoms with van der Waals surface area (Å²) in [6.07, 6.45) is 10.9. The fourth-order valence-corrected chi connectivity index (χ4v) is 8.04. The summed E-state index contributed by atoms with van der Waals surface area (Å²) >= 11 is 0. The Labute approximate surface area is 186 Å². The van der Waals surface area contributed by atoms with Gasteiger partial charge in [0, 0.05) is 44.0 Å². The smallest absolute Gasteiger partial charge is 0.156 e. The van der Waals surface area contributed by atoms with Crippen LogP contribution < -0.4 is 4.90 Å². The van der Waals surface area contributed by atoms with Gasteiger partial charge in [-0.05, 0) is 85.3 Å². The third-order valence-corrected chi connectivity index (χ3v) is 9.72. The van der Waals surface area contributed by atoms with E-state index in [-0.39, 0.29) is 11.0 Å². The van der Waals surface area contributed by atoms with Crippen LogP contribution in [0.4, 0.5) is 5.69 Å². The molecule has 4 aliphatic carbocycles. The highest BCUT2D eigenvalue weighted by atomic mass is 16.5. The van der Waals surface area contributed by atoms with Crippen molar-refractivity contribution in [3.63, 3.8) is 0 Å². The molecule has 1 aromatic carbocycles. The zero-order valence-electron chi connectivity index (χ0n) is 19.2. The SMILES string of the molecule is CN(C)c1ccc([C@H]2C[C@@]3(C)[C@@H](CC[C@@]34CCO4)[C@@H]3CCC4=CC(=O)CCC4=C32)cc1. The average Bonchev–Trinajstić information content (AvgIpc) is 3.06. The van der Waals surface area contributed by atoms with Crippen molar-refractivity contribution >= 4 is 11.5 Å². The van der Waals surface area contributed by atoms with Crippen molar-refractivity contribution in [3.05, 3.63) is 52.6 Å². The molecule has 1 aromatic rings. The fourth-order valence-electron chi connectivity index (χ4n) is 8.04. The molecule has 164 valence electrons. The van der Waals surface area contributed by atoms with Crippen molar-refractivity contribution in [2.75, 3.05) is 25.6 Å². The molecule has 1 aliphatic heterocycles. The molecule has 3 nitrogen and oxygen atoms in total. The Morgan fingerprint density at radius 1 is 1.03 bits per heavy atom. The van der Waals surface area contributed by atoms with E-state index in [1.807, 2.05) is 6.08 Å². The summed E-state index contributed by atoms with van der Waals surface area (Å²) < 4.78 is 6.41. The zero-order chi connectivity index (χ0) is 21.4. The fraction of sp³-hybridized carbons (Fsp3) is 0.607. The molecule has 3 heteroatoms. The molecule has 0 bridgehead atoms. The van der Waals surface area contributed by atoms with Gasteiger partial charge in [0.25, 0.3) is 0 Å². The molecule has 3 fully saturated rings. The lowest BCUT2D eigenvalue weighted by Crippen LogP contribution is -2.58. The van der Waals surface area contributed by atoms with Crippen LogP contribution in [0.15, 0.2) is 47.1 Å². The Kier molecular flexibility index (Phi) is 4.35. The molecule has 31 heavy (non-hydrogen) atoms. The Bertz CT molecular complexity index is 981. The predicted octanol–water partition coefficient (Wildman–Crippen LogP) is 5.81. The first-order valence-corrected chi connectivity index (χ1v) is 12.3. The topological polar surface area (TPSA) is 29.5 Å². The molecular formula is C28H35NO2. The third-order valence-electron chi connectivity index (χ3n) is 9.72. The van der Waals surface area contributed by atoms with Crippen LogP contribution in [0.1, 0.15) is 69.8 Å². The summed E-state index contributed by atoms with van der Waals surface area (Å²) in [6, 6.07) is 9.28. The maximum Gasteiger partial charge on any atom is 0.156 e. The minimum Gasteiger partial charge on any atom is -0.378 e. The van der Waals surface area contributed by atoms with E-state index in [4.69, 9.17) is 4.74 Å². The van der Waals surface area contributed by atoms with E-state index in [1.54, 1.807) is 11.1 Å². The van der Waals surface area contributed by atoms with Crippen LogP contribution in [0.3, 0.4) is 0 Å². The molecule has 5 atom stereocenters. The second-order valence-electron chi connectivity index (χ2n) is 11.1. The van der Waals surface area contributed by atoms with Gasteiger partial charge in [-0.25, -0.2) is 0 Å². The highest BCUT2D eigenvalue weighted by molar-refractivity contribution is 5.93. The van der Waals surface area contributed by atoms with Gasteiger partial charge in [-0.15, -0.1) is 0 Å². The van der Waals surface area contributed by atoms with Crippen LogP contribution in [0.25, 0.3) is 0 Å². The van der Waals surface area contributed by atoms with E-state index in [2.05, 4.69) is 50.2 Å². The van der Waals surface area contributed by atoms with Gasteiger partial charge in [0.05, 0.1) is 12.2 Å². The number of hydrogen-bond acceptors (Lipinski definition) is 3. The summed E-state index contributed by atoms with van der Waals surface area (Å²) in [5.74, 6) is 2.16. The molecule has 0 radical (unpaired) electrons. The summed E-state index contributed by atoms with van der Waals surface area (Å²) in [6.45, 7) is 3.50. The van der Waals surface area contributed by atoms with Crippen molar-refractivity contribution in [1.82, 2.24) is 0 Å². The predicted molar refractivity (Wildman–Crippen MR) is 124 cm³/mol. The number of carbonyl (C=O) groups is 1. The number of hydrogen-bond donors (Lipinski definition) is 0. The van der Waals surface area contributed by atoms with E-state index in [9.17, 15) is 4.79 Å². The highest BCUT2D eigenvalue weighted by Gasteiger charge is 2.65. The number of benzene rings is 1. The first-order chi connectivity index (χ1) is 14.9. The number of carbonyl (C=O) groups excluding carboxylic acids is 1. The molecule has 0 aromatic heterocycles. The van der Waals surface area contributed by atoms with Crippen molar-refractivity contribution in [2.24, 2.45) is 17.3 Å². The summed E-state index contributed by atoms with van der Waals surface area (Å²) in [5.41, 5.74) is 7.69. The highest BCUT2D eigenvalue weighted by Crippen LogP contribution is 2.69. The molecule has 0 unspecified atom stereocenters. The van der Waals surface area contributed by atoms with Crippen LogP contribution in [0.2, 0.25) is 0 Å². The van der Waals surface area contributed by atoms with Gasteiger partial charge in [-0.2, -0.15) is 0 Å². The van der Waals surface area contributed by atoms with Gasteiger partial charge in [-0.3, -0.25) is 4.79 Å². The van der Waals surface area contributed by atoms with Crippen LogP contribution >= 0.6 is 0 Å². The van der Waals surface area contributed by atoms with Gasteiger partial charge < -0.3 is 9.64 Å². The number of rotatable bonds is 2. The van der Waals surface area contributed by atoms with E-state index >= 15 is 0 Å². The average molecular weight is 418 g/mol. The number of anilines is 1. The molecule has 0 N–H and O–H groups in total. The van der Waals surface area contributed by atoms with E-state index in [1.165, 1.54) is 48.9 Å². The number of ether oxygens (including phenoxy) is 1. The van der Waals surface area contributed by atoms with Crippen molar-refractivity contribution in [2.45, 2.75) is 69.8 Å². The largest absolute Gasteiger partial charge is 0.378 e. The number of nitrogens with zero attached hydrogens (tertiary/aromatic N) is 1. The molecule has 5 aliphatic rings. The minimum atomic E-state index is 0.119. The van der Waals surface area contributed by atoms with Gasteiger partial charge in [0.1, 0.15) is 0 Å². The molecule has 2 saturated carbocycles. The van der Waals surface area contributed by atoms with Gasteiger partial charge >= 0.3 is 0 Å². The first kappa shape index (κ1) is 19.8. The maximum absolute atomic E-state index is 12.2. The van der Waals surface area contributed by atoms with Crippen LogP contribution in [0.5, 0.6) is 0 Å². The van der Waals surface area contributed by atoms with Gasteiger partial charge in [0.2, 0.25) is 0 Å². The Morgan fingerprint density at radius 2 is 1.81 bits per heavy atom. The lowest BCUT2D eigenvalue weighted by Gasteiger charge is -2.59. The monoisotopic (exact) mass is 417 g/mol. The number of ketones is 1. The minimum absolute atomic E-state index is 0.119. The van der Waals surface area contributed by atoms with E-state index in [0.29, 0.717) is 24.0 Å². The lowest BCUT2D eigenvalue weighted by molar-refractivity contribution is -0.217. The van der Waals surface area contributed by atoms with Crippen LogP contribution in [-0.4, -0.2) is 32.1 Å². The molecule has 6 rings (SSSR count). The van der Waals surface area contributed by atoms with Crippen LogP contribution in [-0.2, 0) is 9.53 Å². The molecule has 0 amide bonds. The molecule has 1 spiro atoms. The third kappa shape index (κ3) is 2.71. The van der Waals surface area contributed by atoms with Gasteiger partial charge in [0.15, 0.2) is 5.78 Å². The Balaban J connectivity index is 1.49. The lowest BCUT2D eigenvalue weighted by atomic mass is 9.50. The van der Waals surface area contributed by atoms with Crippen molar-refractivity contribution in [3.8, 4) is 0 Å². The second kappa shape index (κ2) is 6.81. The number of allylic oxidation sites excluding steroid dienone is 4. The Hall–Kier alpha value is -1.87. The number of fused-ring (bicyclic) bond motifs is 5. The van der Waals surface area contributed by atoms with Gasteiger partial charge in [-0.1, -0.05) is 24.6 Å². The maximum atomic E-state index is 12.2. The second-order valence-corrected chi connectivity index (χ2v) is 11.1. The standard InChI is InChI=1S/C28H35NO2/c1-27-17-24(18-4-7-20(8-5-18)29(2)3)26-22-11-9-21(30)16-19(22)6-10-23(26)25(27)12-13-28(27)14-15-31-28/h4-5,7-8,16,23-25H,6,9-15,17H2,1-3H3/t23-,24+,25-,27-,28+/m0/s1. The summed E-state index contributed by atoms with van der Waals surface area (Å²) in [7, 11) is 4.21. The normalized spacial score (nSPS) is 38.9. The summed E-state index contributed by atoms with van der Waals surface area (Å²) in [4.78, 5) is 14.4. The molecule has 1 heterocycles. The van der Waals surface area contributed by atoms with E-state index < -0.39 is 0 Å². The first-order valence-electron chi connectivity index (χ1n) is 12.3. The molecule has 1 saturated heterocycles. The quantitative estimate of drug-likeness (QED) is 0.608. The van der Waals surface area contributed by atoms with E-state index in [0.717, 1.165) is 25.4 Å². The summed E-state index contributed by atoms with van der Waals surface area (Å²) in [5, 5.41) is 0.